The maximum Gasteiger partial charge on any atom is 0.123 e. The van der Waals surface area contributed by atoms with Crippen molar-refractivity contribution in [1.29, 1.82) is 0 Å². The first kappa shape index (κ1) is 12.2. The Balaban J connectivity index is 1.75. The first-order valence-corrected chi connectivity index (χ1v) is 7.08. The summed E-state index contributed by atoms with van der Waals surface area (Å²) in [6.45, 7) is 0. The maximum atomic E-state index is 13.4. The van der Waals surface area contributed by atoms with E-state index in [9.17, 15) is 4.39 Å². The van der Waals surface area contributed by atoms with E-state index < -0.39 is 0 Å². The fraction of sp³-hybridized carbons (Fsp3) is 0.250. The molecule has 0 N–H and O–H groups in total. The highest BCUT2D eigenvalue weighted by molar-refractivity contribution is 6.30. The molecule has 2 aromatic carbocycles. The van der Waals surface area contributed by atoms with Crippen LogP contribution in [-0.2, 0) is 11.3 Å². The van der Waals surface area contributed by atoms with Gasteiger partial charge in [-0.15, -0.1) is 0 Å². The minimum atomic E-state index is -0.186. The molecule has 102 valence electrons. The second-order valence-corrected chi connectivity index (χ2v) is 5.77. The fourth-order valence-electron chi connectivity index (χ4n) is 3.10. The molecule has 0 saturated carbocycles. The molecule has 0 aliphatic carbocycles. The number of halogens is 2. The Morgan fingerprint density at radius 2 is 1.95 bits per heavy atom. The number of hydrogen-bond acceptors (Lipinski definition) is 2. The van der Waals surface area contributed by atoms with Gasteiger partial charge in [-0.3, -0.25) is 4.84 Å². The minimum absolute atomic E-state index is 0.130. The van der Waals surface area contributed by atoms with Crippen LogP contribution in [0.3, 0.4) is 0 Å². The van der Waals surface area contributed by atoms with Crippen LogP contribution in [0.1, 0.15) is 23.6 Å². The van der Waals surface area contributed by atoms with Crippen LogP contribution in [-0.4, -0.2) is 6.10 Å². The van der Waals surface area contributed by atoms with Gasteiger partial charge in [0.25, 0.3) is 0 Å². The highest BCUT2D eigenvalue weighted by Crippen LogP contribution is 2.44. The number of fused-ring (bicyclic) bond motifs is 4. The second kappa shape index (κ2) is 4.47. The van der Waals surface area contributed by atoms with Gasteiger partial charge in [-0.1, -0.05) is 23.7 Å². The van der Waals surface area contributed by atoms with Gasteiger partial charge < -0.3 is 0 Å². The molecule has 2 heterocycles. The summed E-state index contributed by atoms with van der Waals surface area (Å²) in [5.74, 6) is -0.186. The van der Waals surface area contributed by atoms with Crippen LogP contribution >= 0.6 is 11.6 Å². The molecule has 0 radical (unpaired) electrons. The first-order chi connectivity index (χ1) is 9.70. The topological polar surface area (TPSA) is 12.5 Å². The Labute approximate surface area is 121 Å². The molecule has 2 aliphatic rings. The highest BCUT2D eigenvalue weighted by Gasteiger charge is 2.40. The molecule has 0 aromatic heterocycles. The predicted octanol–water partition coefficient (Wildman–Crippen LogP) is 4.29. The highest BCUT2D eigenvalue weighted by atomic mass is 35.5. The van der Waals surface area contributed by atoms with E-state index in [1.807, 2.05) is 29.3 Å². The largest absolute Gasteiger partial charge is 0.269 e. The van der Waals surface area contributed by atoms with E-state index in [4.69, 9.17) is 16.4 Å². The van der Waals surface area contributed by atoms with Gasteiger partial charge in [0.15, 0.2) is 0 Å². The zero-order valence-electron chi connectivity index (χ0n) is 10.7. The molecule has 1 fully saturated rings. The molecule has 4 rings (SSSR count). The molecule has 2 aromatic rings. The second-order valence-electron chi connectivity index (χ2n) is 5.33. The molecule has 2 bridgehead atoms. The van der Waals surface area contributed by atoms with Crippen LogP contribution < -0.4 is 5.06 Å². The number of nitrogens with zero attached hydrogens (tertiary/aromatic N) is 1. The van der Waals surface area contributed by atoms with Crippen molar-refractivity contribution in [3.63, 3.8) is 0 Å². The minimum Gasteiger partial charge on any atom is -0.269 e. The van der Waals surface area contributed by atoms with Crippen molar-refractivity contribution in [2.75, 3.05) is 5.06 Å². The van der Waals surface area contributed by atoms with Crippen LogP contribution in [0, 0.1) is 5.82 Å². The summed E-state index contributed by atoms with van der Waals surface area (Å²) >= 11 is 5.94. The third-order valence-electron chi connectivity index (χ3n) is 4.01. The average Bonchev–Trinajstić information content (AvgIpc) is 2.78. The van der Waals surface area contributed by atoms with Gasteiger partial charge in [0.2, 0.25) is 0 Å². The van der Waals surface area contributed by atoms with Crippen molar-refractivity contribution in [2.45, 2.75) is 25.0 Å². The first-order valence-electron chi connectivity index (χ1n) is 6.70. The van der Waals surface area contributed by atoms with Gasteiger partial charge in [-0.25, -0.2) is 9.45 Å². The average molecular weight is 290 g/mol. The number of benzene rings is 2. The summed E-state index contributed by atoms with van der Waals surface area (Å²) < 4.78 is 13.4. The Morgan fingerprint density at radius 1 is 1.15 bits per heavy atom. The molecule has 2 atom stereocenters. The molecule has 20 heavy (non-hydrogen) atoms. The van der Waals surface area contributed by atoms with Crippen LogP contribution in [0.4, 0.5) is 10.1 Å². The molecule has 0 spiro atoms. The van der Waals surface area contributed by atoms with Crippen LogP contribution in [0.2, 0.25) is 5.02 Å². The lowest BCUT2D eigenvalue weighted by molar-refractivity contribution is 0.0733. The zero-order valence-corrected chi connectivity index (χ0v) is 11.5. The third-order valence-corrected chi connectivity index (χ3v) is 4.27. The van der Waals surface area contributed by atoms with Gasteiger partial charge >= 0.3 is 0 Å². The summed E-state index contributed by atoms with van der Waals surface area (Å²) in [5, 5.41) is 2.65. The molecule has 0 unspecified atom stereocenters. The van der Waals surface area contributed by atoms with Crippen molar-refractivity contribution in [3.8, 4) is 0 Å². The predicted molar refractivity (Wildman–Crippen MR) is 76.3 cm³/mol. The van der Waals surface area contributed by atoms with E-state index >= 15 is 0 Å². The summed E-state index contributed by atoms with van der Waals surface area (Å²) in [6, 6.07) is 12.9. The Kier molecular flexibility index (Phi) is 2.72. The third kappa shape index (κ3) is 1.89. The molecule has 4 heteroatoms. The smallest absolute Gasteiger partial charge is 0.123 e. The SMILES string of the molecule is Fc1ccc2c(c1)C[C@H]1C[C@@H](c3ccc(Cl)cc3)N2O1. The molecule has 2 nitrogen and oxygen atoms in total. The van der Waals surface area contributed by atoms with E-state index in [0.717, 1.165) is 29.1 Å². The van der Waals surface area contributed by atoms with Crippen molar-refractivity contribution < 1.29 is 9.23 Å². The summed E-state index contributed by atoms with van der Waals surface area (Å²) in [5.41, 5.74) is 3.17. The number of hydroxylamine groups is 1. The lowest BCUT2D eigenvalue weighted by Crippen LogP contribution is -2.27. The van der Waals surface area contributed by atoms with E-state index in [0.29, 0.717) is 0 Å². The van der Waals surface area contributed by atoms with Crippen molar-refractivity contribution in [2.24, 2.45) is 0 Å². The fourth-order valence-corrected chi connectivity index (χ4v) is 3.23. The summed E-state index contributed by atoms with van der Waals surface area (Å²) in [7, 11) is 0. The lowest BCUT2D eigenvalue weighted by Gasteiger charge is -2.30. The number of anilines is 1. The molecular formula is C16H13ClFNO. The van der Waals surface area contributed by atoms with Gasteiger partial charge in [0, 0.05) is 17.9 Å². The van der Waals surface area contributed by atoms with Crippen LogP contribution in [0.5, 0.6) is 0 Å². The Hall–Kier alpha value is -1.58. The quantitative estimate of drug-likeness (QED) is 0.776. The Morgan fingerprint density at radius 3 is 2.75 bits per heavy atom. The lowest BCUT2D eigenvalue weighted by atomic mass is 10.0. The molecule has 2 aliphatic heterocycles. The van der Waals surface area contributed by atoms with Gasteiger partial charge in [0.1, 0.15) is 5.82 Å². The zero-order chi connectivity index (χ0) is 13.7. The summed E-state index contributed by atoms with van der Waals surface area (Å²) in [4.78, 5) is 5.94. The van der Waals surface area contributed by atoms with E-state index in [1.54, 1.807) is 12.1 Å². The van der Waals surface area contributed by atoms with Crippen molar-refractivity contribution in [1.82, 2.24) is 0 Å². The Bertz CT molecular complexity index is 658. The van der Waals surface area contributed by atoms with Gasteiger partial charge in [-0.2, -0.15) is 0 Å². The van der Waals surface area contributed by atoms with Crippen LogP contribution in [0.25, 0.3) is 0 Å². The van der Waals surface area contributed by atoms with Gasteiger partial charge in [-0.05, 0) is 41.5 Å². The summed E-state index contributed by atoms with van der Waals surface area (Å²) in [6.07, 6.45) is 1.82. The molecule has 1 saturated heterocycles. The van der Waals surface area contributed by atoms with E-state index in [-0.39, 0.29) is 18.0 Å². The van der Waals surface area contributed by atoms with Gasteiger partial charge in [0.05, 0.1) is 17.8 Å². The van der Waals surface area contributed by atoms with Crippen molar-refractivity contribution in [3.05, 3.63) is 64.4 Å². The normalized spacial score (nSPS) is 23.8. The monoisotopic (exact) mass is 289 g/mol. The van der Waals surface area contributed by atoms with E-state index in [2.05, 4.69) is 0 Å². The maximum absolute atomic E-state index is 13.4. The number of rotatable bonds is 1. The standard InChI is InChI=1S/C16H13ClFNO/c17-12-3-1-10(2-4-12)16-9-14-8-11-7-13(18)5-6-15(11)19(16)20-14/h1-7,14,16H,8-9H2/t14-,16-/m0/s1. The van der Waals surface area contributed by atoms with Crippen molar-refractivity contribution >= 4 is 17.3 Å². The van der Waals surface area contributed by atoms with Crippen LogP contribution in [0.15, 0.2) is 42.5 Å². The molecular weight excluding hydrogens is 277 g/mol. The van der Waals surface area contributed by atoms with E-state index in [1.165, 1.54) is 11.6 Å². The number of hydrogen-bond donors (Lipinski definition) is 0. The molecule has 0 amide bonds.